The van der Waals surface area contributed by atoms with Crippen molar-refractivity contribution in [3.8, 4) is 11.5 Å². The third-order valence-corrected chi connectivity index (χ3v) is 6.49. The maximum absolute atomic E-state index is 13.8. The quantitative estimate of drug-likeness (QED) is 0.502. The number of carbonyl (C=O) groups is 4. The average molecular weight is 548 g/mol. The van der Waals surface area contributed by atoms with E-state index in [0.29, 0.717) is 61.2 Å². The molecule has 4 rings (SSSR count). The first-order valence-corrected chi connectivity index (χ1v) is 12.2. The van der Waals surface area contributed by atoms with Crippen LogP contribution in [-0.4, -0.2) is 79.3 Å². The zero-order valence-corrected chi connectivity index (χ0v) is 21.0. The molecule has 0 aliphatic carbocycles. The van der Waals surface area contributed by atoms with Gasteiger partial charge >= 0.3 is 0 Å². The summed E-state index contributed by atoms with van der Waals surface area (Å²) in [6.07, 6.45) is 1.45. The molecule has 0 unspecified atom stereocenters. The van der Waals surface area contributed by atoms with Crippen LogP contribution in [0.15, 0.2) is 41.3 Å². The van der Waals surface area contributed by atoms with Crippen LogP contribution in [0.25, 0.3) is 6.08 Å². The zero-order chi connectivity index (χ0) is 27.2. The number of nitrogens with zero attached hydrogens (tertiary/aromatic N) is 2. The molecule has 0 radical (unpaired) electrons. The van der Waals surface area contributed by atoms with Crippen molar-refractivity contribution < 1.29 is 42.2 Å². The van der Waals surface area contributed by atoms with E-state index in [1.165, 1.54) is 13.2 Å². The Morgan fingerprint density at radius 2 is 1.87 bits per heavy atom. The molecule has 0 spiro atoms. The van der Waals surface area contributed by atoms with Crippen molar-refractivity contribution in [1.82, 2.24) is 9.80 Å². The van der Waals surface area contributed by atoms with Crippen LogP contribution in [0.2, 0.25) is 0 Å². The van der Waals surface area contributed by atoms with Gasteiger partial charge in [-0.25, -0.2) is 8.78 Å². The molecule has 1 N–H and O–H groups in total. The van der Waals surface area contributed by atoms with Gasteiger partial charge in [0, 0.05) is 19.2 Å². The highest BCUT2D eigenvalue weighted by molar-refractivity contribution is 8.18. The van der Waals surface area contributed by atoms with E-state index in [-0.39, 0.29) is 23.1 Å². The largest absolute Gasteiger partial charge is 0.493 e. The number of methoxy groups -OCH3 is 1. The molecule has 2 aliphatic heterocycles. The standard InChI is InChI=1S/C25H23F2N3O7S/c1-35-20-10-15(2-5-19(20)37-14-23(32)29-6-8-36-9-7-29)11-21-24(33)30(25(34)38-21)13-22(31)28-18-4-3-16(26)12-17(18)27/h2-5,10-12H,6-9,13-14H2,1H3,(H,28,31)/b21-11-. The van der Waals surface area contributed by atoms with Gasteiger partial charge in [0.2, 0.25) is 5.91 Å². The minimum absolute atomic E-state index is 0.0639. The summed E-state index contributed by atoms with van der Waals surface area (Å²) in [5, 5.41) is 1.54. The van der Waals surface area contributed by atoms with Crippen LogP contribution in [0.1, 0.15) is 5.56 Å². The molecule has 2 aliphatic rings. The second kappa shape index (κ2) is 12.0. The lowest BCUT2D eigenvalue weighted by Gasteiger charge is -2.26. The molecule has 2 saturated heterocycles. The molecule has 0 bridgehead atoms. The number of imide groups is 1. The van der Waals surface area contributed by atoms with Gasteiger partial charge in [-0.2, -0.15) is 0 Å². The molecule has 2 aromatic rings. The van der Waals surface area contributed by atoms with E-state index in [1.54, 1.807) is 23.1 Å². The third-order valence-electron chi connectivity index (χ3n) is 5.58. The first-order valence-electron chi connectivity index (χ1n) is 11.4. The number of morpholine rings is 1. The van der Waals surface area contributed by atoms with E-state index in [0.717, 1.165) is 17.0 Å². The minimum atomic E-state index is -0.987. The molecule has 10 nitrogen and oxygen atoms in total. The van der Waals surface area contributed by atoms with Crippen LogP contribution in [-0.2, 0) is 19.1 Å². The molecule has 2 heterocycles. The number of halogens is 2. The van der Waals surface area contributed by atoms with Crippen LogP contribution >= 0.6 is 11.8 Å². The van der Waals surface area contributed by atoms with E-state index in [2.05, 4.69) is 5.32 Å². The molecular formula is C25H23F2N3O7S. The summed E-state index contributed by atoms with van der Waals surface area (Å²) in [6.45, 7) is 1.12. The van der Waals surface area contributed by atoms with Crippen LogP contribution in [0.3, 0.4) is 0 Å². The van der Waals surface area contributed by atoms with Crippen LogP contribution in [0.5, 0.6) is 11.5 Å². The Morgan fingerprint density at radius 1 is 1.11 bits per heavy atom. The number of ether oxygens (including phenoxy) is 3. The molecule has 4 amide bonds. The van der Waals surface area contributed by atoms with Crippen LogP contribution in [0.4, 0.5) is 19.3 Å². The number of anilines is 1. The molecular weight excluding hydrogens is 524 g/mol. The maximum atomic E-state index is 13.8. The van der Waals surface area contributed by atoms with E-state index in [4.69, 9.17) is 14.2 Å². The Balaban J connectivity index is 1.39. The van der Waals surface area contributed by atoms with Crippen molar-refractivity contribution in [2.24, 2.45) is 0 Å². The van der Waals surface area contributed by atoms with E-state index in [1.807, 2.05) is 0 Å². The van der Waals surface area contributed by atoms with Crippen molar-refractivity contribution in [3.05, 3.63) is 58.5 Å². The topological polar surface area (TPSA) is 114 Å². The molecule has 0 saturated carbocycles. The number of benzene rings is 2. The van der Waals surface area contributed by atoms with Gasteiger partial charge in [0.25, 0.3) is 17.1 Å². The smallest absolute Gasteiger partial charge is 0.294 e. The Hall–Kier alpha value is -3.97. The van der Waals surface area contributed by atoms with Gasteiger partial charge in [0.1, 0.15) is 18.2 Å². The first kappa shape index (κ1) is 27.1. The molecule has 200 valence electrons. The number of hydrogen-bond acceptors (Lipinski definition) is 8. The number of nitrogens with one attached hydrogen (secondary N) is 1. The molecule has 0 aromatic heterocycles. The summed E-state index contributed by atoms with van der Waals surface area (Å²) in [4.78, 5) is 52.2. The fourth-order valence-electron chi connectivity index (χ4n) is 3.65. The van der Waals surface area contributed by atoms with Crippen molar-refractivity contribution >= 4 is 46.5 Å². The molecule has 38 heavy (non-hydrogen) atoms. The molecule has 2 fully saturated rings. The normalized spacial score (nSPS) is 16.7. The Kier molecular flexibility index (Phi) is 8.59. The van der Waals surface area contributed by atoms with Gasteiger partial charge in [-0.1, -0.05) is 6.07 Å². The van der Waals surface area contributed by atoms with Gasteiger partial charge in [0.15, 0.2) is 18.1 Å². The lowest BCUT2D eigenvalue weighted by Crippen LogP contribution is -2.43. The van der Waals surface area contributed by atoms with Gasteiger partial charge in [0.05, 0.1) is 30.9 Å². The highest BCUT2D eigenvalue weighted by Gasteiger charge is 2.36. The lowest BCUT2D eigenvalue weighted by atomic mass is 10.2. The minimum Gasteiger partial charge on any atom is -0.493 e. The number of amides is 4. The highest BCUT2D eigenvalue weighted by atomic mass is 32.2. The van der Waals surface area contributed by atoms with E-state index < -0.39 is 35.2 Å². The predicted octanol–water partition coefficient (Wildman–Crippen LogP) is 2.89. The number of rotatable bonds is 8. The average Bonchev–Trinajstić information content (AvgIpc) is 3.16. The lowest BCUT2D eigenvalue weighted by molar-refractivity contribution is -0.137. The maximum Gasteiger partial charge on any atom is 0.294 e. The van der Waals surface area contributed by atoms with E-state index in [9.17, 15) is 28.0 Å². The third kappa shape index (κ3) is 6.47. The van der Waals surface area contributed by atoms with Crippen molar-refractivity contribution in [1.29, 1.82) is 0 Å². The second-order valence-corrected chi connectivity index (χ2v) is 9.13. The summed E-state index contributed by atoms with van der Waals surface area (Å²) >= 11 is 0.640. The number of carbonyl (C=O) groups excluding carboxylic acids is 4. The molecule has 2 aromatic carbocycles. The summed E-state index contributed by atoms with van der Waals surface area (Å²) in [5.74, 6) is -2.87. The summed E-state index contributed by atoms with van der Waals surface area (Å²) < 4.78 is 43.1. The van der Waals surface area contributed by atoms with Crippen molar-refractivity contribution in [2.75, 3.05) is 51.9 Å². The molecule has 0 atom stereocenters. The van der Waals surface area contributed by atoms with Crippen molar-refractivity contribution in [3.63, 3.8) is 0 Å². The molecule has 13 heteroatoms. The van der Waals surface area contributed by atoms with Gasteiger partial charge < -0.3 is 24.4 Å². The van der Waals surface area contributed by atoms with Gasteiger partial charge in [-0.05, 0) is 47.7 Å². The SMILES string of the molecule is COc1cc(/C=C2\SC(=O)N(CC(=O)Nc3ccc(F)cc3F)C2=O)ccc1OCC(=O)N1CCOCC1. The second-order valence-electron chi connectivity index (χ2n) is 8.13. The van der Waals surface area contributed by atoms with Crippen LogP contribution in [0, 0.1) is 11.6 Å². The Morgan fingerprint density at radius 3 is 2.58 bits per heavy atom. The Labute approximate surface area is 220 Å². The fourth-order valence-corrected chi connectivity index (χ4v) is 4.49. The zero-order valence-electron chi connectivity index (χ0n) is 20.2. The van der Waals surface area contributed by atoms with Gasteiger partial charge in [-0.3, -0.25) is 24.1 Å². The van der Waals surface area contributed by atoms with Gasteiger partial charge in [-0.15, -0.1) is 0 Å². The number of thioether (sulfide) groups is 1. The van der Waals surface area contributed by atoms with E-state index >= 15 is 0 Å². The summed E-state index contributed by atoms with van der Waals surface area (Å²) in [5.41, 5.74) is 0.233. The highest BCUT2D eigenvalue weighted by Crippen LogP contribution is 2.34. The monoisotopic (exact) mass is 547 g/mol. The predicted molar refractivity (Wildman–Crippen MR) is 134 cm³/mol. The Bertz CT molecular complexity index is 1300. The van der Waals surface area contributed by atoms with Crippen molar-refractivity contribution in [2.45, 2.75) is 0 Å². The summed E-state index contributed by atoms with van der Waals surface area (Å²) in [6, 6.07) is 7.38. The summed E-state index contributed by atoms with van der Waals surface area (Å²) in [7, 11) is 1.42. The van der Waals surface area contributed by atoms with Crippen LogP contribution < -0.4 is 14.8 Å². The number of hydrogen-bond donors (Lipinski definition) is 1. The fraction of sp³-hybridized carbons (Fsp3) is 0.280. The first-order chi connectivity index (χ1) is 18.2.